The molecule has 0 saturated carbocycles. The minimum absolute atomic E-state index is 0.0582. The molecule has 1 aliphatic heterocycles. The number of hydrogen-bond donors (Lipinski definition) is 0. The molecule has 0 bridgehead atoms. The van der Waals surface area contributed by atoms with E-state index in [-0.39, 0.29) is 15.5 Å². The maximum absolute atomic E-state index is 12.5. The van der Waals surface area contributed by atoms with Crippen molar-refractivity contribution in [3.05, 3.63) is 40.4 Å². The van der Waals surface area contributed by atoms with Crippen LogP contribution in [0.1, 0.15) is 23.7 Å². The van der Waals surface area contributed by atoms with E-state index in [1.165, 1.54) is 23.8 Å². The van der Waals surface area contributed by atoms with Crippen LogP contribution in [0.15, 0.2) is 34.7 Å². The van der Waals surface area contributed by atoms with Gasteiger partial charge in [-0.1, -0.05) is 29.3 Å². The molecule has 0 unspecified atom stereocenters. The molecule has 0 atom stereocenters. The smallest absolute Gasteiger partial charge is 0.262 e. The number of carbonyl (C=O) groups is 1. The molecule has 1 aliphatic rings. The van der Waals surface area contributed by atoms with Gasteiger partial charge < -0.3 is 4.90 Å². The van der Waals surface area contributed by atoms with Gasteiger partial charge in [0.2, 0.25) is 0 Å². The van der Waals surface area contributed by atoms with Crippen LogP contribution < -0.4 is 0 Å². The second-order valence-corrected chi connectivity index (χ2v) is 7.54. The van der Waals surface area contributed by atoms with E-state index in [4.69, 9.17) is 22.3 Å². The molecule has 0 saturated heterocycles. The quantitative estimate of drug-likeness (QED) is 0.617. The van der Waals surface area contributed by atoms with Crippen LogP contribution in [0.5, 0.6) is 0 Å². The van der Waals surface area contributed by atoms with Crippen LogP contribution in [0.4, 0.5) is 0 Å². The van der Waals surface area contributed by atoms with Crippen LogP contribution >= 0.6 is 22.3 Å². The van der Waals surface area contributed by atoms with Gasteiger partial charge in [0.15, 0.2) is 0 Å². The van der Waals surface area contributed by atoms with Gasteiger partial charge in [0.25, 0.3) is 15.0 Å². The number of benzene rings is 1. The molecule has 108 valence electrons. The van der Waals surface area contributed by atoms with E-state index in [1.807, 2.05) is 13.0 Å². The summed E-state index contributed by atoms with van der Waals surface area (Å²) in [6.07, 6.45) is 2.70. The highest BCUT2D eigenvalue weighted by Crippen LogP contribution is 2.28. The van der Waals surface area contributed by atoms with Gasteiger partial charge >= 0.3 is 0 Å². The summed E-state index contributed by atoms with van der Waals surface area (Å²) in [6.45, 7) is 2.97. The third-order valence-electron chi connectivity index (χ3n) is 3.18. The Morgan fingerprint density at radius 1 is 1.35 bits per heavy atom. The monoisotopic (exact) mass is 333 g/mol. The van der Waals surface area contributed by atoms with E-state index < -0.39 is 15.0 Å². The third-order valence-corrected chi connectivity index (χ3v) is 4.85. The SMILES string of the molecule is CC1=CCN(C(=O)c2c(Cl)cccc2S(=O)(=O)Cl)CC1. The fraction of sp³-hybridized carbons (Fsp3) is 0.308. The summed E-state index contributed by atoms with van der Waals surface area (Å²) < 4.78 is 23.1. The lowest BCUT2D eigenvalue weighted by molar-refractivity contribution is 0.0765. The lowest BCUT2D eigenvalue weighted by atomic mass is 10.1. The molecule has 0 radical (unpaired) electrons. The minimum Gasteiger partial charge on any atom is -0.335 e. The molecule has 0 aromatic heterocycles. The van der Waals surface area contributed by atoms with E-state index in [0.717, 1.165) is 6.42 Å². The van der Waals surface area contributed by atoms with Gasteiger partial charge in [0, 0.05) is 23.8 Å². The molecule has 1 aromatic rings. The van der Waals surface area contributed by atoms with Gasteiger partial charge in [-0.3, -0.25) is 4.79 Å². The summed E-state index contributed by atoms with van der Waals surface area (Å²) in [5.41, 5.74) is 1.15. The first-order chi connectivity index (χ1) is 9.30. The van der Waals surface area contributed by atoms with Gasteiger partial charge in [-0.2, -0.15) is 0 Å². The maximum Gasteiger partial charge on any atom is 0.262 e. The van der Waals surface area contributed by atoms with E-state index >= 15 is 0 Å². The highest BCUT2D eigenvalue weighted by atomic mass is 35.7. The Balaban J connectivity index is 2.45. The summed E-state index contributed by atoms with van der Waals surface area (Å²) in [6, 6.07) is 4.21. The van der Waals surface area contributed by atoms with Crippen LogP contribution in [-0.4, -0.2) is 32.3 Å². The molecule has 0 N–H and O–H groups in total. The predicted octanol–water partition coefficient (Wildman–Crippen LogP) is 3.06. The van der Waals surface area contributed by atoms with Crippen molar-refractivity contribution in [2.24, 2.45) is 0 Å². The number of amides is 1. The second kappa shape index (κ2) is 5.76. The molecular formula is C13H13Cl2NO3S. The average Bonchev–Trinajstić information content (AvgIpc) is 2.37. The molecule has 7 heteroatoms. The van der Waals surface area contributed by atoms with Crippen molar-refractivity contribution in [1.29, 1.82) is 0 Å². The summed E-state index contributed by atoms with van der Waals surface area (Å²) >= 11 is 5.99. The zero-order chi connectivity index (χ0) is 14.9. The number of rotatable bonds is 2. The van der Waals surface area contributed by atoms with Crippen molar-refractivity contribution in [2.75, 3.05) is 13.1 Å². The number of hydrogen-bond acceptors (Lipinski definition) is 3. The van der Waals surface area contributed by atoms with E-state index in [0.29, 0.717) is 13.1 Å². The van der Waals surface area contributed by atoms with Crippen LogP contribution in [0.25, 0.3) is 0 Å². The van der Waals surface area contributed by atoms with Crippen molar-refractivity contribution >= 4 is 37.2 Å². The number of halogens is 2. The zero-order valence-electron chi connectivity index (χ0n) is 10.8. The second-order valence-electron chi connectivity index (χ2n) is 4.60. The molecule has 0 aliphatic carbocycles. The molecule has 0 fully saturated rings. The summed E-state index contributed by atoms with van der Waals surface area (Å²) in [4.78, 5) is 13.8. The molecule has 2 rings (SSSR count). The fourth-order valence-electron chi connectivity index (χ4n) is 2.03. The first kappa shape index (κ1) is 15.4. The Morgan fingerprint density at radius 3 is 2.60 bits per heavy atom. The standard InChI is InChI=1S/C13H13Cl2NO3S/c1-9-5-7-16(8-6-9)13(17)12-10(14)3-2-4-11(12)20(15,18)19/h2-5H,6-8H2,1H3. The Hall–Kier alpha value is -1.04. The molecule has 1 heterocycles. The molecular weight excluding hydrogens is 321 g/mol. The highest BCUT2D eigenvalue weighted by Gasteiger charge is 2.27. The van der Waals surface area contributed by atoms with Crippen LogP contribution in [-0.2, 0) is 9.05 Å². The van der Waals surface area contributed by atoms with Gasteiger partial charge in [-0.15, -0.1) is 0 Å². The van der Waals surface area contributed by atoms with Crippen LogP contribution in [0.3, 0.4) is 0 Å². The zero-order valence-corrected chi connectivity index (χ0v) is 13.1. The maximum atomic E-state index is 12.5. The van der Waals surface area contributed by atoms with Crippen LogP contribution in [0.2, 0.25) is 5.02 Å². The average molecular weight is 334 g/mol. The summed E-state index contributed by atoms with van der Waals surface area (Å²) in [5.74, 6) is -0.418. The number of nitrogens with zero attached hydrogens (tertiary/aromatic N) is 1. The molecule has 20 heavy (non-hydrogen) atoms. The third kappa shape index (κ3) is 3.16. The molecule has 1 amide bonds. The van der Waals surface area contributed by atoms with Crippen molar-refractivity contribution in [1.82, 2.24) is 4.90 Å². The van der Waals surface area contributed by atoms with Crippen molar-refractivity contribution in [2.45, 2.75) is 18.2 Å². The summed E-state index contributed by atoms with van der Waals surface area (Å²) in [7, 11) is 1.35. The van der Waals surface area contributed by atoms with E-state index in [1.54, 1.807) is 4.90 Å². The predicted molar refractivity (Wildman–Crippen MR) is 78.8 cm³/mol. The minimum atomic E-state index is -4.03. The normalized spacial score (nSPS) is 15.9. The molecule has 4 nitrogen and oxygen atoms in total. The van der Waals surface area contributed by atoms with Crippen molar-refractivity contribution in [3.8, 4) is 0 Å². The Kier molecular flexibility index (Phi) is 4.42. The van der Waals surface area contributed by atoms with Gasteiger partial charge in [-0.25, -0.2) is 8.42 Å². The summed E-state index contributed by atoms with van der Waals surface area (Å²) in [5, 5.41) is 0.0861. The largest absolute Gasteiger partial charge is 0.335 e. The molecule has 1 aromatic carbocycles. The fourth-order valence-corrected chi connectivity index (χ4v) is 3.41. The lowest BCUT2D eigenvalue weighted by Crippen LogP contribution is -2.35. The Labute approximate surface area is 127 Å². The highest BCUT2D eigenvalue weighted by molar-refractivity contribution is 8.13. The lowest BCUT2D eigenvalue weighted by Gasteiger charge is -2.26. The number of carbonyl (C=O) groups excluding carboxylic acids is 1. The first-order valence-electron chi connectivity index (χ1n) is 5.99. The van der Waals surface area contributed by atoms with Crippen molar-refractivity contribution < 1.29 is 13.2 Å². The topological polar surface area (TPSA) is 54.5 Å². The van der Waals surface area contributed by atoms with Gasteiger partial charge in [-0.05, 0) is 25.5 Å². The first-order valence-corrected chi connectivity index (χ1v) is 8.67. The van der Waals surface area contributed by atoms with Gasteiger partial charge in [0.05, 0.1) is 15.5 Å². The molecule has 0 spiro atoms. The Morgan fingerprint density at radius 2 is 2.05 bits per heavy atom. The van der Waals surface area contributed by atoms with E-state index in [9.17, 15) is 13.2 Å². The van der Waals surface area contributed by atoms with Crippen molar-refractivity contribution in [3.63, 3.8) is 0 Å². The Bertz CT molecular complexity index is 683. The van der Waals surface area contributed by atoms with Crippen LogP contribution in [0, 0.1) is 0 Å². The van der Waals surface area contributed by atoms with Gasteiger partial charge in [0.1, 0.15) is 0 Å². The van der Waals surface area contributed by atoms with E-state index in [2.05, 4.69) is 0 Å².